The zero-order chi connectivity index (χ0) is 13.5. The first-order chi connectivity index (χ1) is 9.29. The van der Waals surface area contributed by atoms with E-state index in [1.165, 1.54) is 0 Å². The van der Waals surface area contributed by atoms with Crippen molar-refractivity contribution in [2.75, 3.05) is 11.9 Å². The van der Waals surface area contributed by atoms with Crippen LogP contribution in [0.15, 0.2) is 23.7 Å². The van der Waals surface area contributed by atoms with E-state index in [9.17, 15) is 4.79 Å². The minimum Gasteiger partial charge on any atom is -0.395 e. The lowest BCUT2D eigenvalue weighted by atomic mass is 10.2. The molecule has 0 aromatic carbocycles. The fourth-order valence-electron chi connectivity index (χ4n) is 1.24. The second-order valence-electron chi connectivity index (χ2n) is 3.45. The Bertz CT molecular complexity index is 616. The number of hydrogen-bond acceptors (Lipinski definition) is 6. The molecule has 6 nitrogen and oxygen atoms in total. The molecule has 0 atom stereocenters. The number of nitrogens with zero attached hydrogens (tertiary/aromatic N) is 3. The van der Waals surface area contributed by atoms with Gasteiger partial charge in [0.2, 0.25) is 0 Å². The van der Waals surface area contributed by atoms with Crippen molar-refractivity contribution in [1.29, 1.82) is 0 Å². The molecule has 1 amide bonds. The molecule has 0 aliphatic rings. The van der Waals surface area contributed by atoms with Gasteiger partial charge in [-0.25, -0.2) is 4.98 Å². The standard InChI is InChI=1S/C12H10N4O2S/c17-6-2-1-3-9-4-5-13-11(7-9)14-12(18)10-8-19-16-15-10/h4-5,7-8,17H,2,6H2,(H,13,14,18). The fraction of sp³-hybridized carbons (Fsp3) is 0.167. The van der Waals surface area contributed by atoms with Crippen molar-refractivity contribution in [3.8, 4) is 11.8 Å². The zero-order valence-electron chi connectivity index (χ0n) is 9.83. The molecule has 7 heteroatoms. The summed E-state index contributed by atoms with van der Waals surface area (Å²) in [5, 5.41) is 16.5. The topological polar surface area (TPSA) is 88.0 Å². The lowest BCUT2D eigenvalue weighted by molar-refractivity contribution is 0.102. The van der Waals surface area contributed by atoms with Crippen molar-refractivity contribution in [3.63, 3.8) is 0 Å². The van der Waals surface area contributed by atoms with Gasteiger partial charge in [0.05, 0.1) is 6.61 Å². The van der Waals surface area contributed by atoms with E-state index in [1.807, 2.05) is 0 Å². The lowest BCUT2D eigenvalue weighted by Gasteiger charge is -2.01. The summed E-state index contributed by atoms with van der Waals surface area (Å²) in [6, 6.07) is 3.38. The largest absolute Gasteiger partial charge is 0.395 e. The van der Waals surface area contributed by atoms with Gasteiger partial charge in [-0.3, -0.25) is 4.79 Å². The Morgan fingerprint density at radius 3 is 3.16 bits per heavy atom. The monoisotopic (exact) mass is 274 g/mol. The molecule has 96 valence electrons. The summed E-state index contributed by atoms with van der Waals surface area (Å²) >= 11 is 1.11. The Balaban J connectivity index is 2.07. The van der Waals surface area contributed by atoms with Crippen LogP contribution in [0.4, 0.5) is 5.82 Å². The Morgan fingerprint density at radius 1 is 1.53 bits per heavy atom. The minimum atomic E-state index is -0.360. The van der Waals surface area contributed by atoms with Gasteiger partial charge in [0.15, 0.2) is 5.69 Å². The van der Waals surface area contributed by atoms with E-state index in [-0.39, 0.29) is 18.2 Å². The number of nitrogens with one attached hydrogen (secondary N) is 1. The van der Waals surface area contributed by atoms with Crippen LogP contribution < -0.4 is 5.32 Å². The van der Waals surface area contributed by atoms with E-state index in [2.05, 4.69) is 31.7 Å². The van der Waals surface area contributed by atoms with Gasteiger partial charge in [0.25, 0.3) is 5.91 Å². The molecule has 0 spiro atoms. The quantitative estimate of drug-likeness (QED) is 0.813. The van der Waals surface area contributed by atoms with Crippen LogP contribution in [0, 0.1) is 11.8 Å². The SMILES string of the molecule is O=C(Nc1cc(C#CCCO)ccn1)c1csnn1. The highest BCUT2D eigenvalue weighted by molar-refractivity contribution is 7.03. The summed E-state index contributed by atoms with van der Waals surface area (Å²) in [4.78, 5) is 15.8. The number of aliphatic hydroxyl groups is 1. The van der Waals surface area contributed by atoms with Crippen LogP contribution in [0.3, 0.4) is 0 Å². The molecular formula is C12H10N4O2S. The molecule has 2 N–H and O–H groups in total. The number of anilines is 1. The van der Waals surface area contributed by atoms with Crippen LogP contribution >= 0.6 is 11.5 Å². The Kier molecular flexibility index (Phi) is 4.55. The van der Waals surface area contributed by atoms with Crippen molar-refractivity contribution in [2.24, 2.45) is 0 Å². The molecule has 0 unspecified atom stereocenters. The normalized spacial score (nSPS) is 9.53. The smallest absolute Gasteiger partial charge is 0.278 e. The van der Waals surface area contributed by atoms with Crippen molar-refractivity contribution in [1.82, 2.24) is 14.6 Å². The predicted molar refractivity (Wildman–Crippen MR) is 70.7 cm³/mol. The molecule has 0 aliphatic heterocycles. The summed E-state index contributed by atoms with van der Waals surface area (Å²) in [5.74, 6) is 5.70. The molecule has 0 fully saturated rings. The van der Waals surface area contributed by atoms with Crippen LogP contribution in [0.5, 0.6) is 0 Å². The van der Waals surface area contributed by atoms with Gasteiger partial charge in [-0.2, -0.15) is 0 Å². The molecular weight excluding hydrogens is 264 g/mol. The maximum atomic E-state index is 11.7. The number of carbonyl (C=O) groups excluding carboxylic acids is 1. The van der Waals surface area contributed by atoms with Gasteiger partial charge in [0.1, 0.15) is 5.82 Å². The Hall–Kier alpha value is -2.30. The summed E-state index contributed by atoms with van der Waals surface area (Å²) < 4.78 is 3.62. The predicted octanol–water partition coefficient (Wildman–Crippen LogP) is 0.919. The van der Waals surface area contributed by atoms with Crippen LogP contribution in [-0.4, -0.2) is 32.2 Å². The average molecular weight is 274 g/mol. The highest BCUT2D eigenvalue weighted by Crippen LogP contribution is 2.08. The summed E-state index contributed by atoms with van der Waals surface area (Å²) in [6.07, 6.45) is 1.96. The van der Waals surface area contributed by atoms with Gasteiger partial charge < -0.3 is 10.4 Å². The molecule has 0 bridgehead atoms. The highest BCUT2D eigenvalue weighted by Gasteiger charge is 2.09. The lowest BCUT2D eigenvalue weighted by Crippen LogP contribution is -2.13. The Morgan fingerprint density at radius 2 is 2.42 bits per heavy atom. The number of amides is 1. The first-order valence-corrected chi connectivity index (χ1v) is 6.27. The second-order valence-corrected chi connectivity index (χ2v) is 4.06. The van der Waals surface area contributed by atoms with Crippen LogP contribution in [0.1, 0.15) is 22.5 Å². The van der Waals surface area contributed by atoms with Gasteiger partial charge >= 0.3 is 0 Å². The molecule has 0 saturated heterocycles. The summed E-state index contributed by atoms with van der Waals surface area (Å²) in [7, 11) is 0. The fourth-order valence-corrected chi connectivity index (χ4v) is 1.68. The number of pyridine rings is 1. The molecule has 2 aromatic rings. The van der Waals surface area contributed by atoms with Crippen molar-refractivity contribution in [3.05, 3.63) is 35.0 Å². The number of rotatable bonds is 3. The van der Waals surface area contributed by atoms with E-state index in [0.717, 1.165) is 17.1 Å². The third kappa shape index (κ3) is 3.84. The van der Waals surface area contributed by atoms with Gasteiger partial charge in [-0.1, -0.05) is 16.3 Å². The maximum Gasteiger partial charge on any atom is 0.278 e. The summed E-state index contributed by atoms with van der Waals surface area (Å²) in [6.45, 7) is 0.0263. The van der Waals surface area contributed by atoms with E-state index in [1.54, 1.807) is 23.7 Å². The highest BCUT2D eigenvalue weighted by atomic mass is 32.1. The first kappa shape index (κ1) is 13.1. The van der Waals surface area contributed by atoms with Gasteiger partial charge in [-0.05, 0) is 23.7 Å². The zero-order valence-corrected chi connectivity index (χ0v) is 10.6. The molecule has 2 aromatic heterocycles. The van der Waals surface area contributed by atoms with E-state index in [4.69, 9.17) is 5.11 Å². The van der Waals surface area contributed by atoms with Crippen LogP contribution in [-0.2, 0) is 0 Å². The molecule has 2 rings (SSSR count). The van der Waals surface area contributed by atoms with Crippen LogP contribution in [0.25, 0.3) is 0 Å². The summed E-state index contributed by atoms with van der Waals surface area (Å²) in [5.41, 5.74) is 0.971. The van der Waals surface area contributed by atoms with Crippen molar-refractivity contribution >= 4 is 23.3 Å². The van der Waals surface area contributed by atoms with Gasteiger partial charge in [-0.15, -0.1) is 5.10 Å². The van der Waals surface area contributed by atoms with Crippen molar-refractivity contribution < 1.29 is 9.90 Å². The Labute approximate surface area is 113 Å². The molecule has 0 saturated carbocycles. The molecule has 0 aliphatic carbocycles. The third-order valence-electron chi connectivity index (χ3n) is 2.06. The number of aromatic nitrogens is 3. The number of hydrogen-bond donors (Lipinski definition) is 2. The maximum absolute atomic E-state index is 11.7. The number of carbonyl (C=O) groups is 1. The first-order valence-electron chi connectivity index (χ1n) is 5.44. The van der Waals surface area contributed by atoms with Crippen molar-refractivity contribution in [2.45, 2.75) is 6.42 Å². The minimum absolute atomic E-state index is 0.0263. The number of aliphatic hydroxyl groups excluding tert-OH is 1. The van der Waals surface area contributed by atoms with Crippen LogP contribution in [0.2, 0.25) is 0 Å². The van der Waals surface area contributed by atoms with E-state index >= 15 is 0 Å². The molecule has 0 radical (unpaired) electrons. The average Bonchev–Trinajstić information content (AvgIpc) is 2.93. The van der Waals surface area contributed by atoms with E-state index in [0.29, 0.717) is 12.2 Å². The van der Waals surface area contributed by atoms with E-state index < -0.39 is 0 Å². The third-order valence-corrected chi connectivity index (χ3v) is 2.57. The molecule has 2 heterocycles. The second kappa shape index (κ2) is 6.58. The molecule has 19 heavy (non-hydrogen) atoms. The van der Waals surface area contributed by atoms with Gasteiger partial charge in [0, 0.05) is 23.6 Å².